The molecule has 1 aliphatic heterocycles. The third-order valence-corrected chi connectivity index (χ3v) is 7.53. The fourth-order valence-corrected chi connectivity index (χ4v) is 5.32. The second-order valence-electron chi connectivity index (χ2n) is 8.25. The minimum Gasteiger partial charge on any atom is -0.415 e. The first-order chi connectivity index (χ1) is 16.6. The van der Waals surface area contributed by atoms with E-state index in [0.717, 1.165) is 6.07 Å². The highest BCUT2D eigenvalue weighted by molar-refractivity contribution is 7.86. The van der Waals surface area contributed by atoms with E-state index in [1.54, 1.807) is 18.7 Å². The molecule has 0 spiro atoms. The van der Waals surface area contributed by atoms with E-state index in [1.807, 2.05) is 0 Å². The van der Waals surface area contributed by atoms with Crippen LogP contribution in [0.2, 0.25) is 0 Å². The average Bonchev–Trinajstić information content (AvgIpc) is 3.32. The van der Waals surface area contributed by atoms with Gasteiger partial charge in [-0.1, -0.05) is 6.07 Å². The molecule has 1 aromatic heterocycles. The van der Waals surface area contributed by atoms with Gasteiger partial charge in [-0.3, -0.25) is 9.11 Å². The van der Waals surface area contributed by atoms with Gasteiger partial charge in [0.25, 0.3) is 5.89 Å². The lowest BCUT2D eigenvalue weighted by Gasteiger charge is -2.37. The summed E-state index contributed by atoms with van der Waals surface area (Å²) in [4.78, 5) is 16.3. The number of amides is 2. The number of hydrogen-bond donors (Lipinski definition) is 0. The SMILES string of the molecule is CC1CN(C(=O)N(Cc2ccc(-c3nnc(C(F)F)o3)cc2F)c2ccc(F)cc2)CC(C)S1=O. The molecule has 1 aliphatic rings. The molecule has 2 aromatic carbocycles. The molecule has 35 heavy (non-hydrogen) atoms. The van der Waals surface area contributed by atoms with Crippen LogP contribution in [0.1, 0.15) is 31.7 Å². The van der Waals surface area contributed by atoms with Crippen LogP contribution in [0, 0.1) is 11.6 Å². The Morgan fingerprint density at radius 2 is 1.77 bits per heavy atom. The Morgan fingerprint density at radius 1 is 1.11 bits per heavy atom. The first-order valence-corrected chi connectivity index (χ1v) is 12.0. The first-order valence-electron chi connectivity index (χ1n) is 10.8. The van der Waals surface area contributed by atoms with Gasteiger partial charge in [-0.25, -0.2) is 13.6 Å². The smallest absolute Gasteiger partial charge is 0.324 e. The number of benzene rings is 2. The molecule has 0 bridgehead atoms. The summed E-state index contributed by atoms with van der Waals surface area (Å²) < 4.78 is 71.2. The number of halogens is 4. The number of rotatable bonds is 5. The van der Waals surface area contributed by atoms with E-state index in [9.17, 15) is 22.2 Å². The first kappa shape index (κ1) is 24.8. The zero-order valence-corrected chi connectivity index (χ0v) is 19.6. The molecule has 2 amide bonds. The summed E-state index contributed by atoms with van der Waals surface area (Å²) in [5.74, 6) is -2.35. The van der Waals surface area contributed by atoms with Gasteiger partial charge in [-0.15, -0.1) is 10.2 Å². The Hall–Kier alpha value is -3.28. The van der Waals surface area contributed by atoms with Crippen LogP contribution in [0.3, 0.4) is 0 Å². The molecule has 2 heterocycles. The molecule has 0 radical (unpaired) electrons. The summed E-state index contributed by atoms with van der Waals surface area (Å²) in [6.07, 6.45) is -2.95. The van der Waals surface area contributed by atoms with Crippen LogP contribution < -0.4 is 4.90 Å². The maximum Gasteiger partial charge on any atom is 0.324 e. The fourth-order valence-electron chi connectivity index (χ4n) is 3.87. The van der Waals surface area contributed by atoms with Crippen LogP contribution in [-0.2, 0) is 17.3 Å². The maximum absolute atomic E-state index is 15.0. The predicted octanol–water partition coefficient (Wildman–Crippen LogP) is 4.92. The summed E-state index contributed by atoms with van der Waals surface area (Å²) in [6.45, 7) is 3.93. The lowest BCUT2D eigenvalue weighted by Crippen LogP contribution is -2.53. The number of urea groups is 1. The molecule has 4 rings (SSSR count). The highest BCUT2D eigenvalue weighted by Gasteiger charge is 2.34. The van der Waals surface area contributed by atoms with E-state index in [-0.39, 0.29) is 47.2 Å². The second-order valence-corrected chi connectivity index (χ2v) is 10.5. The molecule has 7 nitrogen and oxygen atoms in total. The van der Waals surface area contributed by atoms with Crippen LogP contribution in [-0.4, -0.2) is 48.9 Å². The lowest BCUT2D eigenvalue weighted by molar-refractivity contribution is 0.116. The van der Waals surface area contributed by atoms with Crippen molar-refractivity contribution in [2.75, 3.05) is 18.0 Å². The molecule has 2 unspecified atom stereocenters. The molecular formula is C23H22F4N4O3S. The second kappa shape index (κ2) is 10.1. The number of nitrogens with zero attached hydrogens (tertiary/aromatic N) is 4. The number of carbonyl (C=O) groups is 1. The minimum atomic E-state index is -2.95. The normalized spacial score (nSPS) is 20.3. The quantitative estimate of drug-likeness (QED) is 0.456. The van der Waals surface area contributed by atoms with Crippen LogP contribution >= 0.6 is 0 Å². The van der Waals surface area contributed by atoms with Crippen molar-refractivity contribution in [2.24, 2.45) is 0 Å². The topological polar surface area (TPSA) is 79.5 Å². The van der Waals surface area contributed by atoms with Gasteiger partial charge in [-0.2, -0.15) is 8.78 Å². The molecule has 3 aromatic rings. The Kier molecular flexibility index (Phi) is 7.20. The van der Waals surface area contributed by atoms with Gasteiger partial charge in [0.05, 0.1) is 6.54 Å². The van der Waals surface area contributed by atoms with Crippen molar-refractivity contribution < 1.29 is 31.0 Å². The minimum absolute atomic E-state index is 0.103. The number of hydrogen-bond acceptors (Lipinski definition) is 5. The maximum atomic E-state index is 15.0. The van der Waals surface area contributed by atoms with Crippen molar-refractivity contribution in [3.05, 3.63) is 65.6 Å². The Labute approximate surface area is 201 Å². The van der Waals surface area contributed by atoms with Crippen molar-refractivity contribution >= 4 is 22.5 Å². The molecule has 0 saturated carbocycles. The molecule has 186 valence electrons. The molecule has 0 aliphatic carbocycles. The van der Waals surface area contributed by atoms with Gasteiger partial charge in [0.15, 0.2) is 0 Å². The fraction of sp³-hybridized carbons (Fsp3) is 0.348. The average molecular weight is 511 g/mol. The van der Waals surface area contributed by atoms with Gasteiger partial charge >= 0.3 is 12.5 Å². The number of alkyl halides is 2. The molecule has 12 heteroatoms. The van der Waals surface area contributed by atoms with Crippen molar-refractivity contribution in [1.29, 1.82) is 0 Å². The van der Waals surface area contributed by atoms with E-state index in [0.29, 0.717) is 5.69 Å². The molecule has 0 N–H and O–H groups in total. The van der Waals surface area contributed by atoms with Crippen LogP contribution in [0.25, 0.3) is 11.5 Å². The van der Waals surface area contributed by atoms with Crippen molar-refractivity contribution in [3.8, 4) is 11.5 Å². The molecular weight excluding hydrogens is 488 g/mol. The highest BCUT2D eigenvalue weighted by atomic mass is 32.2. The third-order valence-electron chi connectivity index (χ3n) is 5.64. The van der Waals surface area contributed by atoms with E-state index < -0.39 is 40.8 Å². The number of carbonyl (C=O) groups excluding carboxylic acids is 1. The summed E-state index contributed by atoms with van der Waals surface area (Å²) >= 11 is 0. The molecule has 1 saturated heterocycles. The van der Waals surface area contributed by atoms with Gasteiger partial charge in [0, 0.05) is 51.2 Å². The zero-order valence-electron chi connectivity index (χ0n) is 18.8. The number of aromatic nitrogens is 2. The van der Waals surface area contributed by atoms with Crippen molar-refractivity contribution in [3.63, 3.8) is 0 Å². The highest BCUT2D eigenvalue weighted by Crippen LogP contribution is 2.27. The zero-order chi connectivity index (χ0) is 25.3. The number of anilines is 1. The molecule has 2 atom stereocenters. The summed E-state index contributed by atoms with van der Waals surface area (Å²) in [5.41, 5.74) is 0.582. The predicted molar refractivity (Wildman–Crippen MR) is 121 cm³/mol. The van der Waals surface area contributed by atoms with E-state index in [2.05, 4.69) is 10.2 Å². The summed E-state index contributed by atoms with van der Waals surface area (Å²) in [6, 6.07) is 8.65. The van der Waals surface area contributed by atoms with E-state index in [1.165, 1.54) is 41.3 Å². The van der Waals surface area contributed by atoms with Crippen molar-refractivity contribution in [2.45, 2.75) is 37.3 Å². The van der Waals surface area contributed by atoms with Crippen molar-refractivity contribution in [1.82, 2.24) is 15.1 Å². The Morgan fingerprint density at radius 3 is 2.34 bits per heavy atom. The Balaban J connectivity index is 1.62. The van der Waals surface area contributed by atoms with E-state index >= 15 is 4.39 Å². The lowest BCUT2D eigenvalue weighted by atomic mass is 10.1. The van der Waals surface area contributed by atoms with Crippen LogP contribution in [0.5, 0.6) is 0 Å². The Bertz CT molecular complexity index is 1220. The standard InChI is InChI=1S/C23H22F4N4O3S/c1-13-10-30(11-14(2)35(13)33)23(32)31(18-7-5-17(24)6-8-18)12-16-4-3-15(9-19(16)25)21-28-29-22(34-21)20(26)27/h3-9,13-14,20H,10-12H2,1-2H3. The van der Waals surface area contributed by atoms with Gasteiger partial charge in [0.2, 0.25) is 5.89 Å². The van der Waals surface area contributed by atoms with Gasteiger partial charge < -0.3 is 9.32 Å². The van der Waals surface area contributed by atoms with Crippen LogP contribution in [0.15, 0.2) is 46.9 Å². The monoisotopic (exact) mass is 510 g/mol. The molecule has 1 fully saturated rings. The largest absolute Gasteiger partial charge is 0.415 e. The van der Waals surface area contributed by atoms with Gasteiger partial charge in [0.1, 0.15) is 11.6 Å². The third kappa shape index (κ3) is 5.37. The summed E-state index contributed by atoms with van der Waals surface area (Å²) in [7, 11) is -1.08. The van der Waals surface area contributed by atoms with E-state index in [4.69, 9.17) is 4.42 Å². The van der Waals surface area contributed by atoms with Crippen LogP contribution in [0.4, 0.5) is 28.0 Å². The van der Waals surface area contributed by atoms with Gasteiger partial charge in [-0.05, 0) is 50.2 Å². The summed E-state index contributed by atoms with van der Waals surface area (Å²) in [5, 5.41) is 6.27.